The third kappa shape index (κ3) is 3.80. The van der Waals surface area contributed by atoms with Gasteiger partial charge < -0.3 is 15.8 Å². The monoisotopic (exact) mass is 298 g/mol. The van der Waals surface area contributed by atoms with E-state index >= 15 is 0 Å². The lowest BCUT2D eigenvalue weighted by atomic mass is 10.1. The van der Waals surface area contributed by atoms with Crippen LogP contribution in [0, 0.1) is 6.92 Å². The Morgan fingerprint density at radius 2 is 1.95 bits per heavy atom. The summed E-state index contributed by atoms with van der Waals surface area (Å²) < 4.78 is 4.69. The van der Waals surface area contributed by atoms with Crippen LogP contribution in [0.15, 0.2) is 0 Å². The molecule has 1 aromatic rings. The average molecular weight is 298 g/mol. The molecule has 0 aliphatic rings. The van der Waals surface area contributed by atoms with Crippen LogP contribution in [-0.4, -0.2) is 24.4 Å². The lowest BCUT2D eigenvalue weighted by Gasteiger charge is -2.05. The highest BCUT2D eigenvalue weighted by molar-refractivity contribution is 7.16. The van der Waals surface area contributed by atoms with Gasteiger partial charge in [-0.3, -0.25) is 14.4 Å². The Hall–Kier alpha value is -1.89. The number of ether oxygens (including phenoxy) is 1. The number of hydrogen-bond donors (Lipinski definition) is 2. The van der Waals surface area contributed by atoms with Crippen molar-refractivity contribution in [2.75, 3.05) is 11.9 Å². The Morgan fingerprint density at radius 1 is 1.30 bits per heavy atom. The van der Waals surface area contributed by atoms with E-state index in [4.69, 9.17) is 10.5 Å². The molecule has 1 aromatic heterocycles. The fourth-order valence-electron chi connectivity index (χ4n) is 1.87. The quantitative estimate of drug-likeness (QED) is 0.615. The van der Waals surface area contributed by atoms with Crippen LogP contribution in [0.3, 0.4) is 0 Å². The standard InChI is InChI=1S/C13H18N2O4S/c1-4-8-7(3)20-13(11(8)12(14)18)15-9(16)6-10(17)19-5-2/h4-6H2,1-3H3,(H2,14,18)(H,15,16). The molecule has 0 aliphatic carbocycles. The van der Waals surface area contributed by atoms with Crippen LogP contribution in [0.5, 0.6) is 0 Å². The van der Waals surface area contributed by atoms with Gasteiger partial charge in [0.15, 0.2) is 0 Å². The SMILES string of the molecule is CCOC(=O)CC(=O)Nc1sc(C)c(CC)c1C(N)=O. The van der Waals surface area contributed by atoms with E-state index in [1.165, 1.54) is 11.3 Å². The Balaban J connectivity index is 2.90. The fourth-order valence-corrected chi connectivity index (χ4v) is 3.03. The molecular formula is C13H18N2O4S. The number of primary amides is 1. The maximum Gasteiger partial charge on any atom is 0.315 e. The first-order valence-electron chi connectivity index (χ1n) is 6.28. The van der Waals surface area contributed by atoms with Crippen molar-refractivity contribution >= 4 is 34.1 Å². The number of nitrogens with two attached hydrogens (primary N) is 1. The van der Waals surface area contributed by atoms with Crippen molar-refractivity contribution in [1.82, 2.24) is 0 Å². The summed E-state index contributed by atoms with van der Waals surface area (Å²) in [7, 11) is 0. The smallest absolute Gasteiger partial charge is 0.315 e. The molecule has 110 valence electrons. The van der Waals surface area contributed by atoms with Gasteiger partial charge in [0.1, 0.15) is 11.4 Å². The molecule has 1 rings (SSSR count). The number of esters is 1. The zero-order chi connectivity index (χ0) is 15.3. The molecule has 2 amide bonds. The van der Waals surface area contributed by atoms with Crippen LogP contribution in [0.1, 0.15) is 41.1 Å². The summed E-state index contributed by atoms with van der Waals surface area (Å²) in [5, 5.41) is 2.94. The number of rotatable bonds is 6. The van der Waals surface area contributed by atoms with E-state index in [1.807, 2.05) is 13.8 Å². The van der Waals surface area contributed by atoms with Gasteiger partial charge in [-0.15, -0.1) is 11.3 Å². The van der Waals surface area contributed by atoms with E-state index in [0.717, 1.165) is 10.4 Å². The molecule has 0 spiro atoms. The minimum Gasteiger partial charge on any atom is -0.466 e. The summed E-state index contributed by atoms with van der Waals surface area (Å²) in [5.41, 5.74) is 6.51. The molecule has 0 saturated carbocycles. The Bertz CT molecular complexity index is 537. The highest BCUT2D eigenvalue weighted by Gasteiger charge is 2.21. The van der Waals surface area contributed by atoms with Gasteiger partial charge in [-0.05, 0) is 25.8 Å². The van der Waals surface area contributed by atoms with Gasteiger partial charge in [-0.1, -0.05) is 6.92 Å². The van der Waals surface area contributed by atoms with Gasteiger partial charge in [0.25, 0.3) is 5.91 Å². The summed E-state index contributed by atoms with van der Waals surface area (Å²) >= 11 is 1.28. The van der Waals surface area contributed by atoms with Gasteiger partial charge in [0, 0.05) is 4.88 Å². The highest BCUT2D eigenvalue weighted by atomic mass is 32.1. The zero-order valence-electron chi connectivity index (χ0n) is 11.7. The molecular weight excluding hydrogens is 280 g/mol. The lowest BCUT2D eigenvalue weighted by Crippen LogP contribution is -2.20. The number of anilines is 1. The largest absolute Gasteiger partial charge is 0.466 e. The normalized spacial score (nSPS) is 10.2. The van der Waals surface area contributed by atoms with Gasteiger partial charge in [0.2, 0.25) is 5.91 Å². The predicted molar refractivity (Wildman–Crippen MR) is 76.8 cm³/mol. The summed E-state index contributed by atoms with van der Waals surface area (Å²) in [6.07, 6.45) is 0.263. The second kappa shape index (κ2) is 7.04. The fraction of sp³-hybridized carbons (Fsp3) is 0.462. The first-order valence-corrected chi connectivity index (χ1v) is 7.09. The van der Waals surface area contributed by atoms with Crippen molar-refractivity contribution in [1.29, 1.82) is 0 Å². The van der Waals surface area contributed by atoms with E-state index in [2.05, 4.69) is 5.32 Å². The van der Waals surface area contributed by atoms with E-state index < -0.39 is 17.8 Å². The van der Waals surface area contributed by atoms with Crippen molar-refractivity contribution in [3.05, 3.63) is 16.0 Å². The van der Waals surface area contributed by atoms with Crippen molar-refractivity contribution in [2.45, 2.75) is 33.6 Å². The molecule has 7 heteroatoms. The van der Waals surface area contributed by atoms with E-state index in [1.54, 1.807) is 6.92 Å². The number of nitrogens with one attached hydrogen (secondary N) is 1. The molecule has 0 aliphatic heterocycles. The molecule has 0 atom stereocenters. The summed E-state index contributed by atoms with van der Waals surface area (Å²) in [6.45, 7) is 5.65. The first kappa shape index (κ1) is 16.2. The molecule has 0 fully saturated rings. The summed E-state index contributed by atoms with van der Waals surface area (Å²) in [5.74, 6) is -1.71. The van der Waals surface area contributed by atoms with E-state index in [9.17, 15) is 14.4 Å². The molecule has 1 heterocycles. The minimum atomic E-state index is -0.602. The van der Waals surface area contributed by atoms with Gasteiger partial charge >= 0.3 is 5.97 Å². The third-order valence-corrected chi connectivity index (χ3v) is 3.73. The van der Waals surface area contributed by atoms with E-state index in [-0.39, 0.29) is 13.0 Å². The number of thiophene rings is 1. The van der Waals surface area contributed by atoms with Crippen LogP contribution < -0.4 is 11.1 Å². The van der Waals surface area contributed by atoms with Crippen molar-refractivity contribution in [3.63, 3.8) is 0 Å². The van der Waals surface area contributed by atoms with Crippen LogP contribution in [0.2, 0.25) is 0 Å². The highest BCUT2D eigenvalue weighted by Crippen LogP contribution is 2.33. The van der Waals surface area contributed by atoms with Gasteiger partial charge in [0.05, 0.1) is 12.2 Å². The Labute approximate surface area is 121 Å². The first-order chi connectivity index (χ1) is 9.40. The Morgan fingerprint density at radius 3 is 2.45 bits per heavy atom. The maximum atomic E-state index is 11.7. The second-order valence-corrected chi connectivity index (χ2v) is 5.31. The molecule has 0 radical (unpaired) electrons. The van der Waals surface area contributed by atoms with Crippen molar-refractivity contribution in [3.8, 4) is 0 Å². The average Bonchev–Trinajstić information content (AvgIpc) is 2.64. The zero-order valence-corrected chi connectivity index (χ0v) is 12.6. The molecule has 6 nitrogen and oxygen atoms in total. The van der Waals surface area contributed by atoms with Crippen LogP contribution in [-0.2, 0) is 20.7 Å². The number of carbonyl (C=O) groups is 3. The van der Waals surface area contributed by atoms with Crippen LogP contribution >= 0.6 is 11.3 Å². The van der Waals surface area contributed by atoms with E-state index in [0.29, 0.717) is 17.0 Å². The number of aryl methyl sites for hydroxylation is 1. The Kier molecular flexibility index (Phi) is 5.69. The lowest BCUT2D eigenvalue weighted by molar-refractivity contribution is -0.145. The maximum absolute atomic E-state index is 11.7. The summed E-state index contributed by atoms with van der Waals surface area (Å²) in [4.78, 5) is 35.4. The number of hydrogen-bond acceptors (Lipinski definition) is 5. The molecule has 20 heavy (non-hydrogen) atoms. The van der Waals surface area contributed by atoms with Crippen molar-refractivity contribution < 1.29 is 19.1 Å². The molecule has 0 bridgehead atoms. The molecule has 0 unspecified atom stereocenters. The van der Waals surface area contributed by atoms with Crippen LogP contribution in [0.25, 0.3) is 0 Å². The number of amides is 2. The molecule has 0 aromatic carbocycles. The third-order valence-electron chi connectivity index (χ3n) is 2.67. The minimum absolute atomic E-state index is 0.219. The molecule has 3 N–H and O–H groups in total. The predicted octanol–water partition coefficient (Wildman–Crippen LogP) is 1.61. The van der Waals surface area contributed by atoms with Gasteiger partial charge in [-0.2, -0.15) is 0 Å². The molecule has 0 saturated heterocycles. The van der Waals surface area contributed by atoms with Crippen LogP contribution in [0.4, 0.5) is 5.00 Å². The second-order valence-electron chi connectivity index (χ2n) is 4.09. The van der Waals surface area contributed by atoms with Gasteiger partial charge in [-0.25, -0.2) is 0 Å². The summed E-state index contributed by atoms with van der Waals surface area (Å²) in [6, 6.07) is 0. The number of carbonyl (C=O) groups excluding carboxylic acids is 3. The van der Waals surface area contributed by atoms with Crippen molar-refractivity contribution in [2.24, 2.45) is 5.73 Å². The topological polar surface area (TPSA) is 98.5 Å².